The molecule has 0 bridgehead atoms. The Balaban J connectivity index is 1.11. The molecule has 11 heteroatoms. The molecule has 0 unspecified atom stereocenters. The fourth-order valence-corrected chi connectivity index (χ4v) is 6.64. The number of ketones is 1. The zero-order chi connectivity index (χ0) is 30.6. The van der Waals surface area contributed by atoms with Crippen LogP contribution in [-0.4, -0.2) is 72.1 Å². The van der Waals surface area contributed by atoms with Crippen LogP contribution < -0.4 is 25.4 Å². The lowest BCUT2D eigenvalue weighted by molar-refractivity contribution is -0.143. The zero-order valence-electron chi connectivity index (χ0n) is 24.5. The van der Waals surface area contributed by atoms with Crippen molar-refractivity contribution in [2.75, 3.05) is 19.7 Å². The van der Waals surface area contributed by atoms with Crippen molar-refractivity contribution in [3.8, 4) is 17.2 Å². The van der Waals surface area contributed by atoms with Gasteiger partial charge in [-0.15, -0.1) is 0 Å². The Kier molecular flexibility index (Phi) is 8.81. The number of rotatable bonds is 12. The van der Waals surface area contributed by atoms with Gasteiger partial charge in [-0.2, -0.15) is 0 Å². The molecule has 2 aromatic rings. The molecule has 2 aromatic carbocycles. The van der Waals surface area contributed by atoms with Crippen molar-refractivity contribution >= 4 is 29.4 Å². The largest absolute Gasteiger partial charge is 0.484 e. The Morgan fingerprint density at radius 2 is 1.64 bits per heavy atom. The highest BCUT2D eigenvalue weighted by atomic mass is 16.5. The van der Waals surface area contributed by atoms with Crippen LogP contribution in [0.25, 0.3) is 0 Å². The van der Waals surface area contributed by atoms with Crippen molar-refractivity contribution in [2.24, 2.45) is 17.8 Å². The summed E-state index contributed by atoms with van der Waals surface area (Å²) in [5.74, 6) is -1.00. The van der Waals surface area contributed by atoms with Crippen molar-refractivity contribution in [1.82, 2.24) is 20.9 Å². The van der Waals surface area contributed by atoms with Crippen LogP contribution in [-0.2, 0) is 24.0 Å². The summed E-state index contributed by atoms with van der Waals surface area (Å²) >= 11 is 0. The highest BCUT2D eigenvalue weighted by Gasteiger charge is 2.50. The number of para-hydroxylation sites is 1. The maximum atomic E-state index is 13.8. The van der Waals surface area contributed by atoms with Crippen molar-refractivity contribution in [3.63, 3.8) is 0 Å². The van der Waals surface area contributed by atoms with Gasteiger partial charge in [0.1, 0.15) is 23.3 Å². The SMILES string of the molecule is O=C(NC1CC1)C(=O)[C@H](C[C@@H]1CCNC1=O)NC(=O)[C@@H]1[C@H]2CCC[C@H]2CN1C(=O)COc1ccc(Oc2ccccc2)cc1. The average molecular weight is 603 g/mol. The topological polar surface area (TPSA) is 143 Å². The maximum absolute atomic E-state index is 13.8. The van der Waals surface area contributed by atoms with E-state index in [2.05, 4.69) is 16.0 Å². The first-order chi connectivity index (χ1) is 21.4. The lowest BCUT2D eigenvalue weighted by atomic mass is 9.91. The Labute approximate surface area is 256 Å². The second-order valence-electron chi connectivity index (χ2n) is 12.2. The van der Waals surface area contributed by atoms with Crippen LogP contribution in [0.2, 0.25) is 0 Å². The molecule has 2 saturated carbocycles. The molecule has 4 amide bonds. The number of nitrogens with zero attached hydrogens (tertiary/aromatic N) is 1. The first-order valence-electron chi connectivity index (χ1n) is 15.5. The molecule has 5 atom stereocenters. The lowest BCUT2D eigenvalue weighted by Crippen LogP contribution is -2.55. The molecule has 2 aliphatic heterocycles. The number of carbonyl (C=O) groups is 5. The Bertz CT molecular complexity index is 1390. The molecule has 2 heterocycles. The summed E-state index contributed by atoms with van der Waals surface area (Å²) in [6.07, 6.45) is 4.87. The first kappa shape index (κ1) is 29.7. The van der Waals surface area contributed by atoms with Crippen LogP contribution in [0.5, 0.6) is 17.2 Å². The van der Waals surface area contributed by atoms with E-state index in [0.29, 0.717) is 36.8 Å². The minimum Gasteiger partial charge on any atom is -0.484 e. The molecule has 2 aliphatic carbocycles. The van der Waals surface area contributed by atoms with E-state index in [0.717, 1.165) is 32.1 Å². The van der Waals surface area contributed by atoms with Crippen molar-refractivity contribution in [1.29, 1.82) is 0 Å². The maximum Gasteiger partial charge on any atom is 0.289 e. The van der Waals surface area contributed by atoms with E-state index in [4.69, 9.17) is 9.47 Å². The predicted octanol–water partition coefficient (Wildman–Crippen LogP) is 2.34. The number of nitrogens with one attached hydrogen (secondary N) is 3. The summed E-state index contributed by atoms with van der Waals surface area (Å²) in [7, 11) is 0. The minimum atomic E-state index is -1.15. The van der Waals surface area contributed by atoms with E-state index < -0.39 is 35.6 Å². The van der Waals surface area contributed by atoms with Gasteiger partial charge in [-0.3, -0.25) is 24.0 Å². The molecular formula is C33H38N4O7. The molecule has 0 spiro atoms. The van der Waals surface area contributed by atoms with Gasteiger partial charge >= 0.3 is 0 Å². The number of fused-ring (bicyclic) bond motifs is 1. The van der Waals surface area contributed by atoms with Gasteiger partial charge in [-0.05, 0) is 86.8 Å². The summed E-state index contributed by atoms with van der Waals surface area (Å²) in [5, 5.41) is 8.25. The summed E-state index contributed by atoms with van der Waals surface area (Å²) in [6, 6.07) is 14.4. The molecule has 0 radical (unpaired) electrons. The highest BCUT2D eigenvalue weighted by molar-refractivity contribution is 6.38. The second-order valence-corrected chi connectivity index (χ2v) is 12.2. The third-order valence-corrected chi connectivity index (χ3v) is 9.10. The molecule has 6 rings (SSSR count). The van der Waals surface area contributed by atoms with Gasteiger partial charge in [0.25, 0.3) is 11.8 Å². The highest BCUT2D eigenvalue weighted by Crippen LogP contribution is 2.42. The quantitative estimate of drug-likeness (QED) is 0.317. The minimum absolute atomic E-state index is 0.0210. The number of Topliss-reactive ketones (excluding diaryl/α,β-unsaturated/α-hetero) is 1. The van der Waals surface area contributed by atoms with E-state index in [1.54, 1.807) is 29.2 Å². The third kappa shape index (κ3) is 6.87. The van der Waals surface area contributed by atoms with E-state index >= 15 is 0 Å². The summed E-state index contributed by atoms with van der Waals surface area (Å²) in [5.41, 5.74) is 0. The Hall–Kier alpha value is -4.41. The van der Waals surface area contributed by atoms with Gasteiger partial charge in [0.05, 0.1) is 6.04 Å². The second kappa shape index (κ2) is 13.1. The van der Waals surface area contributed by atoms with Crippen molar-refractivity contribution in [3.05, 3.63) is 54.6 Å². The van der Waals surface area contributed by atoms with Crippen LogP contribution in [0, 0.1) is 17.8 Å². The number of amides is 4. The molecular weight excluding hydrogens is 564 g/mol. The van der Waals surface area contributed by atoms with Crippen LogP contribution in [0.3, 0.4) is 0 Å². The third-order valence-electron chi connectivity index (χ3n) is 9.10. The molecule has 4 aliphatic rings. The Morgan fingerprint density at radius 3 is 2.34 bits per heavy atom. The molecule has 3 N–H and O–H groups in total. The van der Waals surface area contributed by atoms with Crippen LogP contribution >= 0.6 is 0 Å². The number of carbonyl (C=O) groups excluding carboxylic acids is 5. The predicted molar refractivity (Wildman–Crippen MR) is 159 cm³/mol. The van der Waals surface area contributed by atoms with E-state index in [9.17, 15) is 24.0 Å². The molecule has 44 heavy (non-hydrogen) atoms. The summed E-state index contributed by atoms with van der Waals surface area (Å²) < 4.78 is 11.6. The van der Waals surface area contributed by atoms with Crippen LogP contribution in [0.1, 0.15) is 44.9 Å². The molecule has 0 aromatic heterocycles. The van der Waals surface area contributed by atoms with E-state index in [1.807, 2.05) is 30.3 Å². The van der Waals surface area contributed by atoms with Gasteiger partial charge in [0.2, 0.25) is 17.6 Å². The van der Waals surface area contributed by atoms with Gasteiger partial charge in [0, 0.05) is 25.0 Å². The Morgan fingerprint density at radius 1 is 0.909 bits per heavy atom. The number of likely N-dealkylation sites (tertiary alicyclic amines) is 1. The van der Waals surface area contributed by atoms with Crippen molar-refractivity contribution in [2.45, 2.75) is 63.1 Å². The molecule has 2 saturated heterocycles. The normalized spacial score (nSPS) is 24.6. The number of hydrogen-bond donors (Lipinski definition) is 3. The van der Waals surface area contributed by atoms with Gasteiger partial charge in [-0.1, -0.05) is 24.6 Å². The van der Waals surface area contributed by atoms with Crippen molar-refractivity contribution < 1.29 is 33.4 Å². The van der Waals surface area contributed by atoms with E-state index in [1.165, 1.54) is 0 Å². The lowest BCUT2D eigenvalue weighted by Gasteiger charge is -2.29. The average Bonchev–Trinajstić information content (AvgIpc) is 3.38. The van der Waals surface area contributed by atoms with Crippen LogP contribution in [0.4, 0.5) is 0 Å². The van der Waals surface area contributed by atoms with Gasteiger partial charge < -0.3 is 30.3 Å². The molecule has 232 valence electrons. The molecule has 4 fully saturated rings. The van der Waals surface area contributed by atoms with E-state index in [-0.39, 0.29) is 42.7 Å². The van der Waals surface area contributed by atoms with Gasteiger partial charge in [-0.25, -0.2) is 0 Å². The number of benzene rings is 2. The standard InChI is InChI=1S/C33H38N4O7/c38-28(19-43-23-11-13-25(14-12-23)44-24-6-2-1-3-7-24)37-18-21-5-4-8-26(21)29(37)32(41)36-27(17-20-15-16-34-31(20)40)30(39)33(42)35-22-9-10-22/h1-3,6-7,11-14,20-22,26-27,29H,4-5,8-10,15-19H2,(H,34,40)(H,35,42)(H,36,41)/t20-,21-,26-,27-,29-/m0/s1. The fourth-order valence-electron chi connectivity index (χ4n) is 6.64. The monoisotopic (exact) mass is 602 g/mol. The first-order valence-corrected chi connectivity index (χ1v) is 15.5. The summed E-state index contributed by atoms with van der Waals surface area (Å²) in [6.45, 7) is 0.668. The zero-order valence-corrected chi connectivity index (χ0v) is 24.5. The fraction of sp³-hybridized carbons (Fsp3) is 0.485. The number of ether oxygens (including phenoxy) is 2. The molecule has 11 nitrogen and oxygen atoms in total. The van der Waals surface area contributed by atoms with Crippen LogP contribution in [0.15, 0.2) is 54.6 Å². The number of hydrogen-bond acceptors (Lipinski definition) is 7. The smallest absolute Gasteiger partial charge is 0.289 e. The summed E-state index contributed by atoms with van der Waals surface area (Å²) in [4.78, 5) is 67.1. The van der Waals surface area contributed by atoms with Gasteiger partial charge in [0.15, 0.2) is 6.61 Å².